The van der Waals surface area contributed by atoms with Crippen molar-refractivity contribution in [3.63, 3.8) is 0 Å². The van der Waals surface area contributed by atoms with Gasteiger partial charge in [0, 0.05) is 12.1 Å². The van der Waals surface area contributed by atoms with Gasteiger partial charge in [0.25, 0.3) is 0 Å². The highest BCUT2D eigenvalue weighted by atomic mass is 16.5. The second-order valence-electron chi connectivity index (χ2n) is 6.57. The summed E-state index contributed by atoms with van der Waals surface area (Å²) in [5.74, 6) is 0.884. The molecular weight excluding hydrogens is 250 g/mol. The number of aliphatic hydroxyl groups is 1. The van der Waals surface area contributed by atoms with Crippen LogP contribution in [-0.2, 0) is 4.74 Å². The fourth-order valence-electron chi connectivity index (χ4n) is 3.08. The molecule has 0 aliphatic heterocycles. The molecule has 1 unspecified atom stereocenters. The molecule has 3 heteroatoms. The predicted molar refractivity (Wildman–Crippen MR) is 85.0 cm³/mol. The Hall–Kier alpha value is -0.120. The number of rotatable bonds is 10. The average molecular weight is 285 g/mol. The maximum atomic E-state index is 9.68. The first kappa shape index (κ1) is 17.9. The van der Waals surface area contributed by atoms with Crippen LogP contribution in [-0.4, -0.2) is 36.5 Å². The highest BCUT2D eigenvalue weighted by Gasteiger charge is 2.26. The van der Waals surface area contributed by atoms with Crippen LogP contribution in [0.5, 0.6) is 0 Å². The predicted octanol–water partition coefficient (Wildman–Crippen LogP) is 3.50. The second-order valence-corrected chi connectivity index (χ2v) is 6.57. The summed E-state index contributed by atoms with van der Waals surface area (Å²) >= 11 is 0. The molecule has 20 heavy (non-hydrogen) atoms. The molecule has 1 saturated carbocycles. The molecule has 0 aromatic heterocycles. The van der Waals surface area contributed by atoms with Gasteiger partial charge in [-0.15, -0.1) is 0 Å². The zero-order valence-electron chi connectivity index (χ0n) is 13.8. The number of hydrogen-bond acceptors (Lipinski definition) is 3. The Morgan fingerprint density at radius 3 is 2.45 bits per heavy atom. The van der Waals surface area contributed by atoms with Crippen molar-refractivity contribution in [1.82, 2.24) is 5.32 Å². The third kappa shape index (κ3) is 6.11. The van der Waals surface area contributed by atoms with Crippen molar-refractivity contribution in [1.29, 1.82) is 0 Å². The van der Waals surface area contributed by atoms with Gasteiger partial charge in [0.15, 0.2) is 0 Å². The summed E-state index contributed by atoms with van der Waals surface area (Å²) in [5.41, 5.74) is -0.0968. The lowest BCUT2D eigenvalue weighted by molar-refractivity contribution is 0.0132. The van der Waals surface area contributed by atoms with Gasteiger partial charge < -0.3 is 15.2 Å². The van der Waals surface area contributed by atoms with Gasteiger partial charge in [-0.2, -0.15) is 0 Å². The van der Waals surface area contributed by atoms with Crippen molar-refractivity contribution in [3.8, 4) is 0 Å². The van der Waals surface area contributed by atoms with Crippen molar-refractivity contribution in [3.05, 3.63) is 0 Å². The van der Waals surface area contributed by atoms with E-state index in [4.69, 9.17) is 4.74 Å². The summed E-state index contributed by atoms with van der Waals surface area (Å²) < 4.78 is 6.01. The van der Waals surface area contributed by atoms with Crippen molar-refractivity contribution >= 4 is 0 Å². The normalized spacial score (nSPS) is 26.4. The lowest BCUT2D eigenvalue weighted by Gasteiger charge is -2.33. The van der Waals surface area contributed by atoms with Gasteiger partial charge in [0.2, 0.25) is 0 Å². The van der Waals surface area contributed by atoms with Crippen LogP contribution in [0.3, 0.4) is 0 Å². The molecular formula is C17H35NO2. The smallest absolute Gasteiger partial charge is 0.0613 e. The summed E-state index contributed by atoms with van der Waals surface area (Å²) in [7, 11) is 0. The number of ether oxygens (including phenoxy) is 1. The average Bonchev–Trinajstić information content (AvgIpc) is 2.49. The van der Waals surface area contributed by atoms with E-state index in [0.717, 1.165) is 44.8 Å². The summed E-state index contributed by atoms with van der Waals surface area (Å²) in [6, 6.07) is 0. The Kier molecular flexibility index (Phi) is 8.74. The zero-order valence-corrected chi connectivity index (χ0v) is 13.8. The zero-order chi connectivity index (χ0) is 14.8. The van der Waals surface area contributed by atoms with Crippen LogP contribution in [0.1, 0.15) is 72.1 Å². The van der Waals surface area contributed by atoms with Crippen LogP contribution in [0.4, 0.5) is 0 Å². The van der Waals surface area contributed by atoms with Crippen LogP contribution in [0.15, 0.2) is 0 Å². The van der Waals surface area contributed by atoms with E-state index in [0.29, 0.717) is 6.10 Å². The van der Waals surface area contributed by atoms with Gasteiger partial charge in [0.1, 0.15) is 0 Å². The molecule has 0 aromatic carbocycles. The standard InChI is InChI=1S/C17H35NO2/c1-4-12-18-17(5-2,14-19)11-6-13-20-16-9-7-15(3)8-10-16/h15-16,18-19H,4-14H2,1-3H3. The summed E-state index contributed by atoms with van der Waals surface area (Å²) in [6.45, 7) is 8.71. The topological polar surface area (TPSA) is 41.5 Å². The van der Waals surface area contributed by atoms with Crippen molar-refractivity contribution in [2.24, 2.45) is 5.92 Å². The minimum Gasteiger partial charge on any atom is -0.394 e. The van der Waals surface area contributed by atoms with Crippen LogP contribution in [0, 0.1) is 5.92 Å². The number of aliphatic hydroxyl groups excluding tert-OH is 1. The summed E-state index contributed by atoms with van der Waals surface area (Å²) in [5, 5.41) is 13.2. The van der Waals surface area contributed by atoms with Crippen molar-refractivity contribution in [2.45, 2.75) is 83.8 Å². The quantitative estimate of drug-likeness (QED) is 0.604. The summed E-state index contributed by atoms with van der Waals surface area (Å²) in [6.07, 6.45) is 9.71. The first-order chi connectivity index (χ1) is 9.65. The fourth-order valence-corrected chi connectivity index (χ4v) is 3.08. The Morgan fingerprint density at radius 1 is 1.20 bits per heavy atom. The lowest BCUT2D eigenvalue weighted by Crippen LogP contribution is -2.48. The lowest BCUT2D eigenvalue weighted by atomic mass is 9.89. The minimum atomic E-state index is -0.0968. The largest absolute Gasteiger partial charge is 0.394 e. The van der Waals surface area contributed by atoms with Crippen LogP contribution in [0.25, 0.3) is 0 Å². The van der Waals surface area contributed by atoms with Gasteiger partial charge in [-0.05, 0) is 63.8 Å². The Balaban J connectivity index is 2.19. The van der Waals surface area contributed by atoms with E-state index in [1.165, 1.54) is 25.7 Å². The molecule has 0 heterocycles. The molecule has 120 valence electrons. The van der Waals surface area contributed by atoms with E-state index < -0.39 is 0 Å². The summed E-state index contributed by atoms with van der Waals surface area (Å²) in [4.78, 5) is 0. The van der Waals surface area contributed by atoms with E-state index in [2.05, 4.69) is 26.1 Å². The molecule has 1 aliphatic carbocycles. The van der Waals surface area contributed by atoms with Gasteiger partial charge in [0.05, 0.1) is 12.7 Å². The molecule has 0 spiro atoms. The van der Waals surface area contributed by atoms with Crippen LogP contribution >= 0.6 is 0 Å². The highest BCUT2D eigenvalue weighted by molar-refractivity contribution is 4.85. The van der Waals surface area contributed by atoms with E-state index >= 15 is 0 Å². The SMILES string of the molecule is CCCNC(CC)(CO)CCCOC1CCC(C)CC1. The molecule has 0 aromatic rings. The molecule has 1 rings (SSSR count). The number of nitrogens with one attached hydrogen (secondary N) is 1. The van der Waals surface area contributed by atoms with Gasteiger partial charge in [-0.1, -0.05) is 20.8 Å². The second kappa shape index (κ2) is 9.75. The maximum absolute atomic E-state index is 9.68. The minimum absolute atomic E-state index is 0.0968. The fraction of sp³-hybridized carbons (Fsp3) is 1.00. The third-order valence-corrected chi connectivity index (χ3v) is 4.85. The van der Waals surface area contributed by atoms with Gasteiger partial charge in [-0.25, -0.2) is 0 Å². The van der Waals surface area contributed by atoms with Crippen LogP contribution in [0.2, 0.25) is 0 Å². The Labute approximate surface area is 125 Å². The van der Waals surface area contributed by atoms with E-state index in [1.807, 2.05) is 0 Å². The molecule has 1 atom stereocenters. The molecule has 2 N–H and O–H groups in total. The monoisotopic (exact) mass is 285 g/mol. The van der Waals surface area contributed by atoms with Crippen LogP contribution < -0.4 is 5.32 Å². The molecule has 0 amide bonds. The van der Waals surface area contributed by atoms with Gasteiger partial charge in [-0.3, -0.25) is 0 Å². The Bertz CT molecular complexity index is 233. The van der Waals surface area contributed by atoms with E-state index in [1.54, 1.807) is 0 Å². The molecule has 3 nitrogen and oxygen atoms in total. The molecule has 1 fully saturated rings. The molecule has 0 bridgehead atoms. The first-order valence-corrected chi connectivity index (χ1v) is 8.63. The Morgan fingerprint density at radius 2 is 1.90 bits per heavy atom. The molecule has 1 aliphatic rings. The maximum Gasteiger partial charge on any atom is 0.0613 e. The van der Waals surface area contributed by atoms with Gasteiger partial charge >= 0.3 is 0 Å². The van der Waals surface area contributed by atoms with E-state index in [-0.39, 0.29) is 12.1 Å². The molecule has 0 saturated heterocycles. The van der Waals surface area contributed by atoms with E-state index in [9.17, 15) is 5.11 Å². The third-order valence-electron chi connectivity index (χ3n) is 4.85. The highest BCUT2D eigenvalue weighted by Crippen LogP contribution is 2.26. The number of hydrogen-bond donors (Lipinski definition) is 2. The van der Waals surface area contributed by atoms with Crippen molar-refractivity contribution < 1.29 is 9.84 Å². The first-order valence-electron chi connectivity index (χ1n) is 8.63. The molecule has 0 radical (unpaired) electrons. The van der Waals surface area contributed by atoms with Crippen molar-refractivity contribution in [2.75, 3.05) is 19.8 Å².